The van der Waals surface area contributed by atoms with Crippen LogP contribution in [0.2, 0.25) is 0 Å². The Hall–Kier alpha value is 0.520. The van der Waals surface area contributed by atoms with Crippen molar-refractivity contribution >= 4 is 43.0 Å². The number of carbonyl (C=O) groups is 1. The first kappa shape index (κ1) is 8.52. The SMILES string of the molecule is CSC(S)(S)C(=O)O. The van der Waals surface area contributed by atoms with E-state index in [9.17, 15) is 4.79 Å². The van der Waals surface area contributed by atoms with Crippen LogP contribution in [0.1, 0.15) is 0 Å². The molecule has 0 rings (SSSR count). The monoisotopic (exact) mass is 170 g/mol. The number of thiol groups is 2. The highest BCUT2D eigenvalue weighted by Crippen LogP contribution is 2.31. The summed E-state index contributed by atoms with van der Waals surface area (Å²) < 4.78 is -1.24. The first-order chi connectivity index (χ1) is 3.50. The molecule has 0 aromatic carbocycles. The molecule has 1 N–H and O–H groups in total. The molecule has 0 aliphatic heterocycles. The Bertz CT molecular complexity index is 101. The highest BCUT2D eigenvalue weighted by Gasteiger charge is 2.27. The van der Waals surface area contributed by atoms with Crippen LogP contribution in [0.5, 0.6) is 0 Å². The fourth-order valence-corrected chi connectivity index (χ4v) is 0.262. The summed E-state index contributed by atoms with van der Waals surface area (Å²) in [5, 5.41) is 8.27. The van der Waals surface area contributed by atoms with Crippen molar-refractivity contribution in [2.75, 3.05) is 6.26 Å². The van der Waals surface area contributed by atoms with Crippen molar-refractivity contribution in [2.24, 2.45) is 0 Å². The summed E-state index contributed by atoms with van der Waals surface area (Å²) >= 11 is 8.48. The summed E-state index contributed by atoms with van der Waals surface area (Å²) in [5.41, 5.74) is 0. The number of aliphatic carboxylic acids is 1. The number of carboxylic acid groups (broad SMARTS) is 1. The number of hydrogen-bond donors (Lipinski definition) is 3. The van der Waals surface area contributed by atoms with E-state index in [1.54, 1.807) is 6.26 Å². The van der Waals surface area contributed by atoms with E-state index in [2.05, 4.69) is 25.3 Å². The predicted molar refractivity (Wildman–Crippen MR) is 41.9 cm³/mol. The number of thioether (sulfide) groups is 1. The molecule has 0 unspecified atom stereocenters. The van der Waals surface area contributed by atoms with Crippen LogP contribution in [0.3, 0.4) is 0 Å². The average Bonchev–Trinajstić information content (AvgIpc) is 1.67. The molecule has 0 aromatic rings. The Balaban J connectivity index is 3.91. The molecule has 48 valence electrons. The minimum Gasteiger partial charge on any atom is -0.479 e. The molecule has 0 heterocycles. The number of rotatable bonds is 2. The molecule has 0 atom stereocenters. The highest BCUT2D eigenvalue weighted by molar-refractivity contribution is 8.25. The number of carboxylic acids is 1. The van der Waals surface area contributed by atoms with E-state index in [0.29, 0.717) is 0 Å². The molecule has 0 bridgehead atoms. The molecule has 0 aromatic heterocycles. The first-order valence-corrected chi connectivity index (χ1v) is 3.86. The summed E-state index contributed by atoms with van der Waals surface area (Å²) in [5.74, 6) is -1.03. The second-order valence-corrected chi connectivity index (χ2v) is 4.44. The Morgan fingerprint density at radius 3 is 2.12 bits per heavy atom. The maximum absolute atomic E-state index is 10.1. The van der Waals surface area contributed by atoms with E-state index in [1.807, 2.05) is 0 Å². The average molecular weight is 170 g/mol. The molecular weight excluding hydrogens is 164 g/mol. The van der Waals surface area contributed by atoms with E-state index in [-0.39, 0.29) is 0 Å². The standard InChI is InChI=1S/C3H6O2S3/c1-8-3(6,7)2(4)5/h6-7H,1H3,(H,4,5). The van der Waals surface area contributed by atoms with E-state index in [1.165, 1.54) is 0 Å². The van der Waals surface area contributed by atoms with Gasteiger partial charge in [-0.2, -0.15) is 0 Å². The van der Waals surface area contributed by atoms with Crippen molar-refractivity contribution in [1.82, 2.24) is 0 Å². The first-order valence-electron chi connectivity index (χ1n) is 1.74. The maximum Gasteiger partial charge on any atom is 0.340 e. The van der Waals surface area contributed by atoms with Gasteiger partial charge >= 0.3 is 5.97 Å². The van der Waals surface area contributed by atoms with Gasteiger partial charge in [0.2, 0.25) is 0 Å². The third-order valence-electron chi connectivity index (χ3n) is 0.563. The van der Waals surface area contributed by atoms with Gasteiger partial charge in [-0.05, 0) is 6.26 Å². The van der Waals surface area contributed by atoms with Gasteiger partial charge in [0.15, 0.2) is 3.41 Å². The molecule has 0 amide bonds. The molecule has 0 saturated heterocycles. The largest absolute Gasteiger partial charge is 0.479 e. The molecule has 5 heteroatoms. The van der Waals surface area contributed by atoms with Crippen molar-refractivity contribution < 1.29 is 9.90 Å². The molecule has 0 aliphatic rings. The fraction of sp³-hybridized carbons (Fsp3) is 0.667. The summed E-state index contributed by atoms with van der Waals surface area (Å²) in [4.78, 5) is 10.1. The van der Waals surface area contributed by atoms with Crippen LogP contribution in [0.25, 0.3) is 0 Å². The van der Waals surface area contributed by atoms with Crippen LogP contribution in [0, 0.1) is 0 Å². The summed E-state index contributed by atoms with van der Waals surface area (Å²) in [6.45, 7) is 0. The van der Waals surface area contributed by atoms with Gasteiger partial charge in [-0.15, -0.1) is 37.0 Å². The quantitative estimate of drug-likeness (QED) is 0.426. The van der Waals surface area contributed by atoms with Crippen LogP contribution in [-0.2, 0) is 4.79 Å². The molecule has 8 heavy (non-hydrogen) atoms. The zero-order valence-corrected chi connectivity index (χ0v) is 6.76. The molecular formula is C3H6O2S3. The Morgan fingerprint density at radius 1 is 1.75 bits per heavy atom. The lowest BCUT2D eigenvalue weighted by molar-refractivity contribution is -0.135. The van der Waals surface area contributed by atoms with E-state index >= 15 is 0 Å². The summed E-state index contributed by atoms with van der Waals surface area (Å²) in [7, 11) is 0. The third-order valence-corrected chi connectivity index (χ3v) is 2.79. The lowest BCUT2D eigenvalue weighted by Crippen LogP contribution is -2.20. The summed E-state index contributed by atoms with van der Waals surface area (Å²) in [6, 6.07) is 0. The van der Waals surface area contributed by atoms with Gasteiger partial charge in [0.25, 0.3) is 0 Å². The minimum absolute atomic E-state index is 1.03. The highest BCUT2D eigenvalue weighted by atomic mass is 32.2. The predicted octanol–water partition coefficient (Wildman–Crippen LogP) is 0.947. The third kappa shape index (κ3) is 2.19. The van der Waals surface area contributed by atoms with E-state index in [0.717, 1.165) is 11.8 Å². The molecule has 0 radical (unpaired) electrons. The van der Waals surface area contributed by atoms with E-state index < -0.39 is 9.38 Å². The van der Waals surface area contributed by atoms with Gasteiger partial charge in [0.05, 0.1) is 0 Å². The normalized spacial score (nSPS) is 11.4. The van der Waals surface area contributed by atoms with Crippen LogP contribution >= 0.6 is 37.0 Å². The van der Waals surface area contributed by atoms with Gasteiger partial charge in [-0.25, -0.2) is 4.79 Å². The molecule has 2 nitrogen and oxygen atoms in total. The smallest absolute Gasteiger partial charge is 0.340 e. The second-order valence-electron chi connectivity index (χ2n) is 1.12. The maximum atomic E-state index is 10.1. The van der Waals surface area contributed by atoms with Crippen molar-refractivity contribution in [3.63, 3.8) is 0 Å². The zero-order chi connectivity index (χ0) is 6.78. The Kier molecular flexibility index (Phi) is 3.08. The van der Waals surface area contributed by atoms with Crippen LogP contribution in [0.4, 0.5) is 0 Å². The van der Waals surface area contributed by atoms with Gasteiger partial charge in [0, 0.05) is 0 Å². The molecule has 0 fully saturated rings. The van der Waals surface area contributed by atoms with Gasteiger partial charge in [-0.3, -0.25) is 0 Å². The Labute approximate surface area is 62.9 Å². The minimum atomic E-state index is -1.24. The van der Waals surface area contributed by atoms with Crippen LogP contribution in [-0.4, -0.2) is 20.7 Å². The van der Waals surface area contributed by atoms with Crippen molar-refractivity contribution in [3.8, 4) is 0 Å². The van der Waals surface area contributed by atoms with Crippen LogP contribution < -0.4 is 0 Å². The fourth-order valence-electron chi connectivity index (χ4n) is 0.0873. The topological polar surface area (TPSA) is 37.3 Å². The zero-order valence-electron chi connectivity index (χ0n) is 4.16. The van der Waals surface area contributed by atoms with Gasteiger partial charge in [0.1, 0.15) is 0 Å². The summed E-state index contributed by atoms with van der Waals surface area (Å²) in [6.07, 6.45) is 1.63. The molecule has 0 spiro atoms. The van der Waals surface area contributed by atoms with Crippen LogP contribution in [0.15, 0.2) is 0 Å². The Morgan fingerprint density at radius 2 is 2.12 bits per heavy atom. The molecule has 0 aliphatic carbocycles. The van der Waals surface area contributed by atoms with Gasteiger partial charge < -0.3 is 5.11 Å². The lowest BCUT2D eigenvalue weighted by Gasteiger charge is -2.11. The molecule has 0 saturated carbocycles. The number of hydrogen-bond acceptors (Lipinski definition) is 4. The van der Waals surface area contributed by atoms with Gasteiger partial charge in [-0.1, -0.05) is 0 Å². The van der Waals surface area contributed by atoms with Crippen molar-refractivity contribution in [2.45, 2.75) is 3.41 Å². The second kappa shape index (κ2) is 2.89. The van der Waals surface area contributed by atoms with Crippen molar-refractivity contribution in [1.29, 1.82) is 0 Å². The van der Waals surface area contributed by atoms with E-state index in [4.69, 9.17) is 5.11 Å². The lowest BCUT2D eigenvalue weighted by atomic mass is 10.8. The van der Waals surface area contributed by atoms with Crippen molar-refractivity contribution in [3.05, 3.63) is 0 Å².